The minimum absolute atomic E-state index is 1.13. The Bertz CT molecular complexity index is 162. The van der Waals surface area contributed by atoms with Crippen molar-refractivity contribution in [3.63, 3.8) is 0 Å². The molecule has 88 valence electrons. The van der Waals surface area contributed by atoms with Crippen LogP contribution in [0.5, 0.6) is 0 Å². The van der Waals surface area contributed by atoms with Crippen LogP contribution in [0.25, 0.3) is 0 Å². The summed E-state index contributed by atoms with van der Waals surface area (Å²) in [7, 11) is 4.38. The van der Waals surface area contributed by atoms with Gasteiger partial charge in [0, 0.05) is 52.4 Å². The van der Waals surface area contributed by atoms with Gasteiger partial charge in [0.25, 0.3) is 0 Å². The summed E-state index contributed by atoms with van der Waals surface area (Å²) >= 11 is 0. The van der Waals surface area contributed by atoms with Gasteiger partial charge in [-0.05, 0) is 14.1 Å². The minimum Gasteiger partial charge on any atom is -0.304 e. The van der Waals surface area contributed by atoms with Crippen molar-refractivity contribution in [2.45, 2.75) is 0 Å². The molecule has 2 aliphatic rings. The maximum Gasteiger partial charge on any atom is 0.0272 e. The molecule has 2 rings (SSSR count). The average molecular weight is 213 g/mol. The Hall–Kier alpha value is -0.200. The Morgan fingerprint density at radius 3 is 1.27 bits per heavy atom. The van der Waals surface area contributed by atoms with E-state index in [0.717, 1.165) is 26.2 Å². The SMILES string of the molecule is CN1CCN(NN2CCN(C)CC2)CC1. The van der Waals surface area contributed by atoms with Crippen molar-refractivity contribution in [3.05, 3.63) is 0 Å². The fourth-order valence-electron chi connectivity index (χ4n) is 2.01. The van der Waals surface area contributed by atoms with Crippen LogP contribution in [0.1, 0.15) is 0 Å². The summed E-state index contributed by atoms with van der Waals surface area (Å²) < 4.78 is 0. The third-order valence-electron chi connectivity index (χ3n) is 3.29. The lowest BCUT2D eigenvalue weighted by Crippen LogP contribution is -2.60. The van der Waals surface area contributed by atoms with Crippen LogP contribution < -0.4 is 5.53 Å². The number of likely N-dealkylation sites (N-methyl/N-ethyl adjacent to an activating group) is 2. The summed E-state index contributed by atoms with van der Waals surface area (Å²) in [4.78, 5) is 4.75. The summed E-state index contributed by atoms with van der Waals surface area (Å²) in [6.45, 7) is 9.18. The maximum absolute atomic E-state index is 3.51. The summed E-state index contributed by atoms with van der Waals surface area (Å²) in [5.41, 5.74) is 3.51. The fraction of sp³-hybridized carbons (Fsp3) is 1.00. The molecular weight excluding hydrogens is 190 g/mol. The molecule has 0 aromatic rings. The molecular formula is C10H23N5. The zero-order valence-electron chi connectivity index (χ0n) is 9.95. The highest BCUT2D eigenvalue weighted by molar-refractivity contribution is 4.69. The fourth-order valence-corrected chi connectivity index (χ4v) is 2.01. The molecule has 2 saturated heterocycles. The van der Waals surface area contributed by atoms with Gasteiger partial charge in [0.2, 0.25) is 0 Å². The van der Waals surface area contributed by atoms with Gasteiger partial charge in [-0.2, -0.15) is 5.53 Å². The molecule has 0 aromatic heterocycles. The average Bonchev–Trinajstić information content (AvgIpc) is 2.25. The third kappa shape index (κ3) is 3.39. The zero-order valence-corrected chi connectivity index (χ0v) is 9.95. The molecule has 0 saturated carbocycles. The summed E-state index contributed by atoms with van der Waals surface area (Å²) in [5, 5.41) is 4.68. The van der Waals surface area contributed by atoms with Crippen LogP contribution >= 0.6 is 0 Å². The van der Waals surface area contributed by atoms with E-state index in [1.165, 1.54) is 26.2 Å². The quantitative estimate of drug-likeness (QED) is 0.628. The number of piperazine rings is 2. The van der Waals surface area contributed by atoms with Crippen LogP contribution in [0.15, 0.2) is 0 Å². The first-order valence-corrected chi connectivity index (χ1v) is 5.87. The van der Waals surface area contributed by atoms with E-state index in [0.29, 0.717) is 0 Å². The second-order valence-electron chi connectivity index (χ2n) is 4.68. The summed E-state index contributed by atoms with van der Waals surface area (Å²) in [5.74, 6) is 0. The summed E-state index contributed by atoms with van der Waals surface area (Å²) in [6.07, 6.45) is 0. The van der Waals surface area contributed by atoms with Gasteiger partial charge in [-0.15, -0.1) is 0 Å². The Morgan fingerprint density at radius 1 is 0.600 bits per heavy atom. The molecule has 0 radical (unpaired) electrons. The highest BCUT2D eigenvalue weighted by Gasteiger charge is 2.18. The second-order valence-corrected chi connectivity index (χ2v) is 4.68. The second kappa shape index (κ2) is 5.23. The van der Waals surface area contributed by atoms with E-state index in [-0.39, 0.29) is 0 Å². The number of hydrogen-bond donors (Lipinski definition) is 1. The van der Waals surface area contributed by atoms with Gasteiger partial charge in [-0.25, -0.2) is 10.0 Å². The first-order chi connectivity index (χ1) is 7.24. The molecule has 0 atom stereocenters. The zero-order chi connectivity index (χ0) is 10.7. The van der Waals surface area contributed by atoms with Crippen molar-refractivity contribution >= 4 is 0 Å². The number of rotatable bonds is 2. The Balaban J connectivity index is 1.68. The van der Waals surface area contributed by atoms with Gasteiger partial charge in [0.15, 0.2) is 0 Å². The van der Waals surface area contributed by atoms with Crippen molar-refractivity contribution in [2.75, 3.05) is 66.5 Å². The Kier molecular flexibility index (Phi) is 3.93. The minimum atomic E-state index is 1.13. The molecule has 0 aromatic carbocycles. The molecule has 15 heavy (non-hydrogen) atoms. The van der Waals surface area contributed by atoms with Crippen molar-refractivity contribution in [1.82, 2.24) is 25.4 Å². The van der Waals surface area contributed by atoms with Crippen LogP contribution in [-0.2, 0) is 0 Å². The predicted molar refractivity (Wildman–Crippen MR) is 61.3 cm³/mol. The largest absolute Gasteiger partial charge is 0.304 e. The van der Waals surface area contributed by atoms with Gasteiger partial charge in [0.1, 0.15) is 0 Å². The van der Waals surface area contributed by atoms with Gasteiger partial charge in [-0.1, -0.05) is 0 Å². The Labute approximate surface area is 92.5 Å². The topological polar surface area (TPSA) is 25.0 Å². The Morgan fingerprint density at radius 2 is 0.933 bits per heavy atom. The van der Waals surface area contributed by atoms with Crippen molar-refractivity contribution in [3.8, 4) is 0 Å². The van der Waals surface area contributed by atoms with E-state index in [1.54, 1.807) is 0 Å². The van der Waals surface area contributed by atoms with Crippen LogP contribution in [0.3, 0.4) is 0 Å². The van der Waals surface area contributed by atoms with E-state index >= 15 is 0 Å². The number of hydrazine groups is 2. The van der Waals surface area contributed by atoms with Crippen LogP contribution in [-0.4, -0.2) is 86.3 Å². The summed E-state index contributed by atoms with van der Waals surface area (Å²) in [6, 6.07) is 0. The van der Waals surface area contributed by atoms with Crippen LogP contribution in [0, 0.1) is 0 Å². The third-order valence-corrected chi connectivity index (χ3v) is 3.29. The van der Waals surface area contributed by atoms with E-state index in [1.807, 2.05) is 0 Å². The molecule has 0 bridgehead atoms. The van der Waals surface area contributed by atoms with E-state index in [4.69, 9.17) is 0 Å². The molecule has 0 amide bonds. The van der Waals surface area contributed by atoms with E-state index in [9.17, 15) is 0 Å². The molecule has 2 fully saturated rings. The first-order valence-electron chi connectivity index (χ1n) is 5.87. The van der Waals surface area contributed by atoms with E-state index in [2.05, 4.69) is 39.4 Å². The van der Waals surface area contributed by atoms with Gasteiger partial charge in [-0.3, -0.25) is 0 Å². The van der Waals surface area contributed by atoms with Crippen molar-refractivity contribution in [1.29, 1.82) is 0 Å². The lowest BCUT2D eigenvalue weighted by Gasteiger charge is -2.39. The standard InChI is InChI=1S/C10H23N5/c1-12-3-7-14(8-4-12)11-15-9-5-13(2)6-10-15/h11H,3-10H2,1-2H3. The number of hydrogen-bond acceptors (Lipinski definition) is 5. The predicted octanol–water partition coefficient (Wildman–Crippen LogP) is -1.10. The van der Waals surface area contributed by atoms with Crippen LogP contribution in [0.2, 0.25) is 0 Å². The molecule has 2 aliphatic heterocycles. The molecule has 0 aliphatic carbocycles. The van der Waals surface area contributed by atoms with Crippen molar-refractivity contribution in [2.24, 2.45) is 0 Å². The van der Waals surface area contributed by atoms with E-state index < -0.39 is 0 Å². The highest BCUT2D eigenvalue weighted by atomic mass is 15.8. The molecule has 0 unspecified atom stereocenters. The lowest BCUT2D eigenvalue weighted by molar-refractivity contribution is -0.0255. The molecule has 0 spiro atoms. The van der Waals surface area contributed by atoms with Crippen LogP contribution in [0.4, 0.5) is 0 Å². The number of nitrogens with one attached hydrogen (secondary N) is 1. The van der Waals surface area contributed by atoms with Crippen molar-refractivity contribution < 1.29 is 0 Å². The molecule has 5 nitrogen and oxygen atoms in total. The maximum atomic E-state index is 3.51. The monoisotopic (exact) mass is 213 g/mol. The normalized spacial score (nSPS) is 28.4. The first kappa shape index (κ1) is 11.3. The molecule has 5 heteroatoms. The molecule has 2 heterocycles. The lowest BCUT2D eigenvalue weighted by atomic mass is 10.4. The molecule has 1 N–H and O–H groups in total. The van der Waals surface area contributed by atoms with Gasteiger partial charge < -0.3 is 9.80 Å². The number of nitrogens with zero attached hydrogens (tertiary/aromatic N) is 4. The smallest absolute Gasteiger partial charge is 0.0272 e. The highest BCUT2D eigenvalue weighted by Crippen LogP contribution is 2.00. The van der Waals surface area contributed by atoms with Gasteiger partial charge in [0.05, 0.1) is 0 Å². The van der Waals surface area contributed by atoms with Gasteiger partial charge >= 0.3 is 0 Å².